The predicted octanol–water partition coefficient (Wildman–Crippen LogP) is -0.986. The number of imidazole rings is 1. The Kier molecular flexibility index (Phi) is 4.40. The van der Waals surface area contributed by atoms with Crippen molar-refractivity contribution in [2.45, 2.75) is 0 Å². The van der Waals surface area contributed by atoms with Crippen molar-refractivity contribution in [3.8, 4) is 0 Å². The summed E-state index contributed by atoms with van der Waals surface area (Å²) in [5.41, 5.74) is 1.86. The van der Waals surface area contributed by atoms with Crippen molar-refractivity contribution in [3.63, 3.8) is 0 Å². The van der Waals surface area contributed by atoms with E-state index in [4.69, 9.17) is 0 Å². The molecule has 1 saturated heterocycles. The van der Waals surface area contributed by atoms with E-state index in [0.29, 0.717) is 17.7 Å². The summed E-state index contributed by atoms with van der Waals surface area (Å²) in [5, 5.41) is 2.92. The molecule has 5 N–H and O–H groups in total. The lowest BCUT2D eigenvalue weighted by Crippen LogP contribution is -3.15. The first kappa shape index (κ1) is 16.3. The molecule has 1 fully saturated rings. The SMILES string of the molecule is O=C(C[NH+]1CCN(c2cccc[nH+]2)CC1)Nc1ccc2[nH]c(=O)[nH]c2c1. The van der Waals surface area contributed by atoms with Gasteiger partial charge in [0.2, 0.25) is 0 Å². The smallest absolute Gasteiger partial charge is 0.321 e. The van der Waals surface area contributed by atoms with Crippen molar-refractivity contribution in [2.75, 3.05) is 42.9 Å². The lowest BCUT2D eigenvalue weighted by atomic mass is 10.2. The van der Waals surface area contributed by atoms with Gasteiger partial charge in [0, 0.05) is 11.8 Å². The van der Waals surface area contributed by atoms with Gasteiger partial charge in [-0.25, -0.2) is 9.78 Å². The summed E-state index contributed by atoms with van der Waals surface area (Å²) in [6.45, 7) is 4.11. The maximum absolute atomic E-state index is 12.3. The van der Waals surface area contributed by atoms with Crippen molar-refractivity contribution >= 4 is 28.4 Å². The van der Waals surface area contributed by atoms with E-state index >= 15 is 0 Å². The minimum atomic E-state index is -0.249. The number of H-pyrrole nitrogens is 3. The Morgan fingerprint density at radius 2 is 1.96 bits per heavy atom. The second-order valence-electron chi connectivity index (χ2n) is 6.55. The Balaban J connectivity index is 1.31. The zero-order chi connectivity index (χ0) is 17.9. The minimum absolute atomic E-state index is 0.0167. The van der Waals surface area contributed by atoms with Crippen LogP contribution in [0.15, 0.2) is 47.4 Å². The van der Waals surface area contributed by atoms with E-state index in [2.05, 4.69) is 31.2 Å². The molecule has 2 aromatic heterocycles. The van der Waals surface area contributed by atoms with Crippen molar-refractivity contribution in [1.29, 1.82) is 0 Å². The highest BCUT2D eigenvalue weighted by atomic mass is 16.2. The number of hydrogen-bond acceptors (Lipinski definition) is 3. The summed E-state index contributed by atoms with van der Waals surface area (Å²) in [5.74, 6) is 1.10. The zero-order valence-electron chi connectivity index (χ0n) is 14.3. The number of fused-ring (bicyclic) bond motifs is 1. The lowest BCUT2D eigenvalue weighted by Gasteiger charge is -2.27. The number of anilines is 2. The number of carbonyl (C=O) groups is 1. The third kappa shape index (κ3) is 3.60. The molecule has 1 aromatic carbocycles. The van der Waals surface area contributed by atoms with Crippen LogP contribution < -0.4 is 25.8 Å². The number of rotatable bonds is 4. The summed E-state index contributed by atoms with van der Waals surface area (Å²) in [4.78, 5) is 35.9. The second kappa shape index (κ2) is 7.01. The highest BCUT2D eigenvalue weighted by Gasteiger charge is 2.27. The van der Waals surface area contributed by atoms with Gasteiger partial charge in [0.25, 0.3) is 11.7 Å². The summed E-state index contributed by atoms with van der Waals surface area (Å²) >= 11 is 0. The van der Waals surface area contributed by atoms with Gasteiger partial charge in [-0.2, -0.15) is 0 Å². The molecule has 1 amide bonds. The Morgan fingerprint density at radius 1 is 1.15 bits per heavy atom. The zero-order valence-corrected chi connectivity index (χ0v) is 14.3. The minimum Gasteiger partial charge on any atom is -0.321 e. The molecule has 0 spiro atoms. The molecule has 0 saturated carbocycles. The van der Waals surface area contributed by atoms with Crippen LogP contribution in [-0.2, 0) is 4.79 Å². The van der Waals surface area contributed by atoms with Crippen LogP contribution in [0.25, 0.3) is 11.0 Å². The Morgan fingerprint density at radius 3 is 2.73 bits per heavy atom. The van der Waals surface area contributed by atoms with Gasteiger partial charge in [-0.1, -0.05) is 6.07 Å². The largest absolute Gasteiger partial charge is 0.323 e. The average molecular weight is 354 g/mol. The van der Waals surface area contributed by atoms with Gasteiger partial charge in [-0.05, 0) is 24.3 Å². The third-order valence-electron chi connectivity index (χ3n) is 4.71. The molecular formula is C18H22N6O2+2. The van der Waals surface area contributed by atoms with Crippen LogP contribution in [0.1, 0.15) is 0 Å². The number of hydrogen-bond donors (Lipinski definition) is 4. The first-order valence-electron chi connectivity index (χ1n) is 8.74. The maximum atomic E-state index is 12.3. The predicted molar refractivity (Wildman–Crippen MR) is 98.3 cm³/mol. The van der Waals surface area contributed by atoms with Crippen LogP contribution in [-0.4, -0.2) is 48.6 Å². The molecule has 1 aliphatic heterocycles. The van der Waals surface area contributed by atoms with Crippen LogP contribution in [0.4, 0.5) is 11.5 Å². The Labute approximate surface area is 149 Å². The topological polar surface area (TPSA) is 99.6 Å². The van der Waals surface area contributed by atoms with Crippen LogP contribution in [0.3, 0.4) is 0 Å². The monoisotopic (exact) mass is 354 g/mol. The van der Waals surface area contributed by atoms with Gasteiger partial charge in [-0.15, -0.1) is 0 Å². The molecule has 4 rings (SSSR count). The molecular weight excluding hydrogens is 332 g/mol. The number of nitrogens with one attached hydrogen (secondary N) is 5. The van der Waals surface area contributed by atoms with E-state index in [1.54, 1.807) is 18.2 Å². The number of piperazine rings is 1. The molecule has 26 heavy (non-hydrogen) atoms. The molecule has 1 aliphatic rings. The Bertz CT molecular complexity index is 956. The number of aromatic nitrogens is 3. The van der Waals surface area contributed by atoms with Gasteiger partial charge in [0.05, 0.1) is 17.2 Å². The van der Waals surface area contributed by atoms with E-state index in [0.717, 1.165) is 37.5 Å². The summed E-state index contributed by atoms with van der Waals surface area (Å²) < 4.78 is 0. The van der Waals surface area contributed by atoms with Crippen LogP contribution in [0.5, 0.6) is 0 Å². The number of nitrogens with zero attached hydrogens (tertiary/aromatic N) is 1. The van der Waals surface area contributed by atoms with Crippen LogP contribution in [0.2, 0.25) is 0 Å². The van der Waals surface area contributed by atoms with E-state index in [9.17, 15) is 9.59 Å². The van der Waals surface area contributed by atoms with Crippen molar-refractivity contribution in [3.05, 3.63) is 53.1 Å². The molecule has 0 unspecified atom stereocenters. The number of benzene rings is 1. The van der Waals surface area contributed by atoms with E-state index in [1.165, 1.54) is 4.90 Å². The molecule has 0 atom stereocenters. The van der Waals surface area contributed by atoms with Gasteiger partial charge in [-0.3, -0.25) is 9.69 Å². The van der Waals surface area contributed by atoms with Gasteiger partial charge in [0.1, 0.15) is 26.2 Å². The second-order valence-corrected chi connectivity index (χ2v) is 6.55. The molecule has 3 aromatic rings. The van der Waals surface area contributed by atoms with Crippen LogP contribution in [0, 0.1) is 0 Å². The normalized spacial score (nSPS) is 15.3. The standard InChI is InChI=1S/C18H20N6O2/c25-17(20-13-4-5-14-15(11-13)22-18(26)21-14)12-23-7-9-24(10-8-23)16-3-1-2-6-19-16/h1-6,11H,7-10,12H2,(H,20,25)(H2,21,22,26)/p+2. The third-order valence-corrected chi connectivity index (χ3v) is 4.71. The van der Waals surface area contributed by atoms with E-state index < -0.39 is 0 Å². The highest BCUT2D eigenvalue weighted by Crippen LogP contribution is 2.14. The number of carbonyl (C=O) groups excluding carboxylic acids is 1. The van der Waals surface area contributed by atoms with Gasteiger partial charge < -0.3 is 20.2 Å². The number of quaternary nitrogens is 1. The van der Waals surface area contributed by atoms with Crippen molar-refractivity contribution < 1.29 is 14.7 Å². The van der Waals surface area contributed by atoms with Crippen molar-refractivity contribution in [2.24, 2.45) is 0 Å². The highest BCUT2D eigenvalue weighted by molar-refractivity contribution is 5.93. The van der Waals surface area contributed by atoms with Gasteiger partial charge in [0.15, 0.2) is 6.54 Å². The average Bonchev–Trinajstić information content (AvgIpc) is 3.02. The molecule has 134 valence electrons. The van der Waals surface area contributed by atoms with E-state index in [1.807, 2.05) is 18.3 Å². The molecule has 0 radical (unpaired) electrons. The fourth-order valence-corrected chi connectivity index (χ4v) is 3.36. The molecule has 0 aliphatic carbocycles. The van der Waals surface area contributed by atoms with Crippen molar-refractivity contribution in [1.82, 2.24) is 9.97 Å². The number of amides is 1. The fraction of sp³-hybridized carbons (Fsp3) is 0.278. The molecule has 3 heterocycles. The maximum Gasteiger partial charge on any atom is 0.323 e. The quantitative estimate of drug-likeness (QED) is 0.484. The lowest BCUT2D eigenvalue weighted by molar-refractivity contribution is -0.892. The number of aromatic amines is 3. The molecule has 8 heteroatoms. The van der Waals surface area contributed by atoms with E-state index in [-0.39, 0.29) is 11.6 Å². The van der Waals surface area contributed by atoms with Crippen LogP contribution >= 0.6 is 0 Å². The summed E-state index contributed by atoms with van der Waals surface area (Å²) in [6, 6.07) is 11.4. The molecule has 8 nitrogen and oxygen atoms in total. The van der Waals surface area contributed by atoms with Gasteiger partial charge >= 0.3 is 5.69 Å². The first-order chi connectivity index (χ1) is 12.7. The summed E-state index contributed by atoms with van der Waals surface area (Å²) in [6.07, 6.45) is 1.93. The summed E-state index contributed by atoms with van der Waals surface area (Å²) in [7, 11) is 0. The number of pyridine rings is 1. The molecule has 0 bridgehead atoms. The Hall–Kier alpha value is -3.13. The first-order valence-corrected chi connectivity index (χ1v) is 8.74. The fourth-order valence-electron chi connectivity index (χ4n) is 3.36.